The van der Waals surface area contributed by atoms with Crippen molar-refractivity contribution in [2.24, 2.45) is 5.92 Å². The Hall–Kier alpha value is -3.09. The van der Waals surface area contributed by atoms with E-state index in [2.05, 4.69) is 30.7 Å². The number of rotatable bonds is 13. The van der Waals surface area contributed by atoms with Gasteiger partial charge in [0.15, 0.2) is 0 Å². The van der Waals surface area contributed by atoms with Crippen LogP contribution in [0.5, 0.6) is 0 Å². The molecule has 4 atom stereocenters. The normalized spacial score (nSPS) is 14.5. The van der Waals surface area contributed by atoms with Crippen molar-refractivity contribution in [2.75, 3.05) is 6.54 Å². The summed E-state index contributed by atoms with van der Waals surface area (Å²) in [5.74, 6) is -0.852. The number of amides is 3. The van der Waals surface area contributed by atoms with Crippen molar-refractivity contribution in [3.05, 3.63) is 54.6 Å². The van der Waals surface area contributed by atoms with E-state index in [1.165, 1.54) is 4.90 Å². The van der Waals surface area contributed by atoms with E-state index in [-0.39, 0.29) is 30.3 Å². The number of nitrogens with one attached hydrogen (secondary N) is 2. The molecule has 36 heavy (non-hydrogen) atoms. The number of hydrogen-bond acceptors (Lipinski definition) is 4. The summed E-state index contributed by atoms with van der Waals surface area (Å²) in [5.41, 5.74) is 0.781. The molecule has 0 heterocycles. The molecular weight excluding hydrogens is 454 g/mol. The van der Waals surface area contributed by atoms with Crippen LogP contribution in [-0.2, 0) is 14.3 Å². The van der Waals surface area contributed by atoms with Crippen LogP contribution in [0.1, 0.15) is 84.9 Å². The minimum atomic E-state index is -0.915. The van der Waals surface area contributed by atoms with E-state index >= 15 is 0 Å². The van der Waals surface area contributed by atoms with Crippen molar-refractivity contribution in [3.63, 3.8) is 0 Å². The Morgan fingerprint density at radius 2 is 1.78 bits per heavy atom. The van der Waals surface area contributed by atoms with Gasteiger partial charge in [0.25, 0.3) is 0 Å². The molecule has 200 valence electrons. The minimum Gasteiger partial charge on any atom is -0.444 e. The van der Waals surface area contributed by atoms with Crippen LogP contribution in [0, 0.1) is 5.92 Å². The van der Waals surface area contributed by atoms with Crippen molar-refractivity contribution in [2.45, 2.75) is 91.5 Å². The number of alkyl carbamates (subject to hydrolysis) is 1. The summed E-state index contributed by atoms with van der Waals surface area (Å²) in [5, 5.41) is 5.82. The highest BCUT2D eigenvalue weighted by atomic mass is 16.6. The van der Waals surface area contributed by atoms with Gasteiger partial charge in [0.1, 0.15) is 17.7 Å². The summed E-state index contributed by atoms with van der Waals surface area (Å²) in [7, 11) is 0. The average molecular weight is 500 g/mol. The van der Waals surface area contributed by atoms with Gasteiger partial charge in [-0.2, -0.15) is 0 Å². The first-order chi connectivity index (χ1) is 16.9. The fourth-order valence-corrected chi connectivity index (χ4v) is 3.91. The number of carbonyl (C=O) groups is 3. The highest BCUT2D eigenvalue weighted by Gasteiger charge is 2.38. The van der Waals surface area contributed by atoms with Crippen LogP contribution < -0.4 is 10.6 Å². The molecule has 0 aliphatic heterocycles. The molecular formula is C29H45N3O4. The Morgan fingerprint density at radius 3 is 2.31 bits per heavy atom. The summed E-state index contributed by atoms with van der Waals surface area (Å²) in [6.07, 6.45) is 4.99. The fraction of sp³-hybridized carbons (Fsp3) is 0.552. The van der Waals surface area contributed by atoms with Gasteiger partial charge in [-0.15, -0.1) is 6.58 Å². The Balaban J connectivity index is 3.52. The standard InChI is InChI=1S/C29H45N3O4/c1-10-15-21(6)30-26(33)25(23-17-14-16-22(13-4)19-23)32(18-11-2)27(34)24(20(5)12-3)31-28(35)36-29(7,8)9/h11,13-14,16-17,19-21,24-25H,2,4,10,12,15,18H2,1,3,5-9H3,(H,30,33)(H,31,35). The molecule has 0 spiro atoms. The van der Waals surface area contributed by atoms with Crippen molar-refractivity contribution < 1.29 is 19.1 Å². The summed E-state index contributed by atoms with van der Waals surface area (Å²) < 4.78 is 5.42. The third-order valence-electron chi connectivity index (χ3n) is 5.89. The van der Waals surface area contributed by atoms with Gasteiger partial charge in [0.05, 0.1) is 0 Å². The SMILES string of the molecule is C=CCN(C(=O)C(NC(=O)OC(C)(C)C)C(C)CC)C(C(=O)NC(C)CCC)c1cccc(C=C)c1. The van der Waals surface area contributed by atoms with Gasteiger partial charge >= 0.3 is 6.09 Å². The van der Waals surface area contributed by atoms with Crippen molar-refractivity contribution in [1.29, 1.82) is 0 Å². The van der Waals surface area contributed by atoms with Gasteiger partial charge in [-0.1, -0.05) is 70.5 Å². The lowest BCUT2D eigenvalue weighted by Gasteiger charge is -2.36. The van der Waals surface area contributed by atoms with Gasteiger partial charge in [0, 0.05) is 12.6 Å². The molecule has 0 saturated heterocycles. The summed E-state index contributed by atoms with van der Waals surface area (Å²) in [6.45, 7) is 20.9. The van der Waals surface area contributed by atoms with Crippen LogP contribution in [-0.4, -0.2) is 47.0 Å². The van der Waals surface area contributed by atoms with Gasteiger partial charge in [-0.25, -0.2) is 4.79 Å². The molecule has 0 fully saturated rings. The van der Waals surface area contributed by atoms with E-state index in [1.54, 1.807) is 32.9 Å². The molecule has 1 aromatic carbocycles. The zero-order valence-electron chi connectivity index (χ0n) is 23.1. The molecule has 0 radical (unpaired) electrons. The third kappa shape index (κ3) is 9.51. The number of ether oxygens (including phenoxy) is 1. The van der Waals surface area contributed by atoms with E-state index in [0.29, 0.717) is 12.0 Å². The van der Waals surface area contributed by atoms with Crippen LogP contribution in [0.25, 0.3) is 6.08 Å². The monoisotopic (exact) mass is 499 g/mol. The topological polar surface area (TPSA) is 87.7 Å². The van der Waals surface area contributed by atoms with Crippen LogP contribution in [0.4, 0.5) is 4.79 Å². The van der Waals surface area contributed by atoms with E-state index in [4.69, 9.17) is 4.74 Å². The minimum absolute atomic E-state index is 0.0569. The van der Waals surface area contributed by atoms with Crippen molar-refractivity contribution >= 4 is 24.0 Å². The molecule has 2 N–H and O–H groups in total. The highest BCUT2D eigenvalue weighted by Crippen LogP contribution is 2.26. The first kappa shape index (κ1) is 30.9. The number of carbonyl (C=O) groups excluding carboxylic acids is 3. The van der Waals surface area contributed by atoms with Gasteiger partial charge in [-0.3, -0.25) is 9.59 Å². The maximum atomic E-state index is 14.0. The fourth-order valence-electron chi connectivity index (χ4n) is 3.91. The summed E-state index contributed by atoms with van der Waals surface area (Å²) >= 11 is 0. The highest BCUT2D eigenvalue weighted by molar-refractivity contribution is 5.92. The molecule has 0 aromatic heterocycles. The van der Waals surface area contributed by atoms with E-state index < -0.39 is 23.8 Å². The Labute approximate surface area is 217 Å². The maximum Gasteiger partial charge on any atom is 0.408 e. The van der Waals surface area contributed by atoms with Crippen LogP contribution in [0.3, 0.4) is 0 Å². The molecule has 1 rings (SSSR count). The Kier molecular flexibility index (Phi) is 12.4. The van der Waals surface area contributed by atoms with Crippen molar-refractivity contribution in [1.82, 2.24) is 15.5 Å². The largest absolute Gasteiger partial charge is 0.444 e. The Bertz CT molecular complexity index is 906. The van der Waals surface area contributed by atoms with Gasteiger partial charge in [-0.05, 0) is 57.2 Å². The lowest BCUT2D eigenvalue weighted by atomic mass is 9.95. The smallest absolute Gasteiger partial charge is 0.408 e. The van der Waals surface area contributed by atoms with E-state index in [9.17, 15) is 14.4 Å². The molecule has 7 heteroatoms. The quantitative estimate of drug-likeness (QED) is 0.344. The molecule has 0 aliphatic rings. The first-order valence-corrected chi connectivity index (χ1v) is 12.8. The molecule has 3 amide bonds. The van der Waals surface area contributed by atoms with E-state index in [0.717, 1.165) is 18.4 Å². The van der Waals surface area contributed by atoms with Gasteiger partial charge < -0.3 is 20.3 Å². The van der Waals surface area contributed by atoms with Crippen LogP contribution >= 0.6 is 0 Å². The molecule has 7 nitrogen and oxygen atoms in total. The molecule has 4 unspecified atom stereocenters. The zero-order chi connectivity index (χ0) is 27.5. The Morgan fingerprint density at radius 1 is 1.11 bits per heavy atom. The second-order valence-corrected chi connectivity index (χ2v) is 10.3. The van der Waals surface area contributed by atoms with Crippen LogP contribution in [0.2, 0.25) is 0 Å². The third-order valence-corrected chi connectivity index (χ3v) is 5.89. The van der Waals surface area contributed by atoms with Crippen LogP contribution in [0.15, 0.2) is 43.5 Å². The predicted molar refractivity (Wildman–Crippen MR) is 146 cm³/mol. The maximum absolute atomic E-state index is 14.0. The lowest BCUT2D eigenvalue weighted by molar-refractivity contribution is -0.143. The van der Waals surface area contributed by atoms with Gasteiger partial charge in [0.2, 0.25) is 11.8 Å². The first-order valence-electron chi connectivity index (χ1n) is 12.8. The molecule has 0 saturated carbocycles. The lowest BCUT2D eigenvalue weighted by Crippen LogP contribution is -2.55. The molecule has 1 aromatic rings. The number of benzene rings is 1. The average Bonchev–Trinajstić information content (AvgIpc) is 2.80. The molecule has 0 bridgehead atoms. The zero-order valence-corrected chi connectivity index (χ0v) is 23.1. The molecule has 0 aliphatic carbocycles. The number of nitrogens with zero attached hydrogens (tertiary/aromatic N) is 1. The van der Waals surface area contributed by atoms with Crippen molar-refractivity contribution in [3.8, 4) is 0 Å². The second kappa shape index (κ2) is 14.5. The van der Waals surface area contributed by atoms with E-state index in [1.807, 2.05) is 45.0 Å². The predicted octanol–water partition coefficient (Wildman–Crippen LogP) is 5.63. The summed E-state index contributed by atoms with van der Waals surface area (Å²) in [4.78, 5) is 41.8. The second-order valence-electron chi connectivity index (χ2n) is 10.3. The summed E-state index contributed by atoms with van der Waals surface area (Å²) in [6, 6.07) is 5.55. The number of hydrogen-bond donors (Lipinski definition) is 2.